The number of nitrogens with two attached hydrogens (primary N) is 2. The van der Waals surface area contributed by atoms with Crippen molar-refractivity contribution in [2.45, 2.75) is 38.3 Å². The summed E-state index contributed by atoms with van der Waals surface area (Å²) in [7, 11) is -3.55. The standard InChI is InChI=1S/C27H31N5O4S/c1-2-37(34,35)32-24-8-7-23(36-22-9-11-31(12-10-22)27(30)33)15-21(24)16-25(32)18-5-3-17-4-6-19(26(28)29)14-20(17)13-18/h3-8,13-15,22,25H,2,9-12,16H2,1H3,(H3,28,29)(H2,30,33). The van der Waals surface area contributed by atoms with Gasteiger partial charge in [0.05, 0.1) is 17.5 Å². The van der Waals surface area contributed by atoms with Crippen LogP contribution in [0.5, 0.6) is 5.75 Å². The van der Waals surface area contributed by atoms with E-state index in [4.69, 9.17) is 21.6 Å². The molecular weight excluding hydrogens is 490 g/mol. The summed E-state index contributed by atoms with van der Waals surface area (Å²) in [4.78, 5) is 13.0. The summed E-state index contributed by atoms with van der Waals surface area (Å²) < 4.78 is 34.2. The summed E-state index contributed by atoms with van der Waals surface area (Å²) in [6.45, 7) is 2.77. The molecule has 0 bridgehead atoms. The zero-order chi connectivity index (χ0) is 26.3. The molecule has 1 fully saturated rings. The highest BCUT2D eigenvalue weighted by molar-refractivity contribution is 7.92. The van der Waals surface area contributed by atoms with E-state index >= 15 is 0 Å². The Labute approximate surface area is 216 Å². The number of ether oxygens (including phenoxy) is 1. The molecule has 0 saturated carbocycles. The Hall–Kier alpha value is -3.79. The molecule has 0 aromatic heterocycles. The minimum atomic E-state index is -3.55. The van der Waals surface area contributed by atoms with Crippen molar-refractivity contribution in [3.63, 3.8) is 0 Å². The number of urea groups is 1. The summed E-state index contributed by atoms with van der Waals surface area (Å²) in [5.41, 5.74) is 14.1. The first-order valence-electron chi connectivity index (χ1n) is 12.4. The van der Waals surface area contributed by atoms with Gasteiger partial charge in [0.2, 0.25) is 10.0 Å². The summed E-state index contributed by atoms with van der Waals surface area (Å²) >= 11 is 0. The van der Waals surface area contributed by atoms with E-state index in [1.54, 1.807) is 11.8 Å². The predicted octanol–water partition coefficient (Wildman–Crippen LogP) is 3.50. The Morgan fingerprint density at radius 3 is 2.43 bits per heavy atom. The van der Waals surface area contributed by atoms with E-state index in [9.17, 15) is 13.2 Å². The number of primary amides is 1. The van der Waals surface area contributed by atoms with Crippen molar-refractivity contribution in [1.82, 2.24) is 4.90 Å². The lowest BCUT2D eigenvalue weighted by molar-refractivity contribution is 0.114. The SMILES string of the molecule is CCS(=O)(=O)N1c2ccc(OC3CCN(C(N)=O)CC3)cc2CC1c1ccc2ccc(C(=N)N)cc2c1. The Morgan fingerprint density at radius 1 is 1.03 bits per heavy atom. The fourth-order valence-corrected chi connectivity index (χ4v) is 6.58. The number of rotatable bonds is 6. The zero-order valence-electron chi connectivity index (χ0n) is 20.7. The van der Waals surface area contributed by atoms with Crippen LogP contribution in [0.1, 0.15) is 42.5 Å². The van der Waals surface area contributed by atoms with Crippen molar-refractivity contribution in [2.75, 3.05) is 23.1 Å². The van der Waals surface area contributed by atoms with E-state index in [1.165, 1.54) is 4.31 Å². The molecule has 0 radical (unpaired) electrons. The second kappa shape index (κ2) is 9.59. The van der Waals surface area contributed by atoms with Gasteiger partial charge in [-0.3, -0.25) is 9.71 Å². The largest absolute Gasteiger partial charge is 0.490 e. The molecule has 0 spiro atoms. The fourth-order valence-electron chi connectivity index (χ4n) is 5.24. The molecule has 194 valence electrons. The molecule has 1 saturated heterocycles. The summed E-state index contributed by atoms with van der Waals surface area (Å²) in [6.07, 6.45) is 1.87. The van der Waals surface area contributed by atoms with Gasteiger partial charge >= 0.3 is 6.03 Å². The lowest BCUT2D eigenvalue weighted by atomic mass is 9.98. The second-order valence-corrected chi connectivity index (χ2v) is 11.7. The van der Waals surface area contributed by atoms with Crippen molar-refractivity contribution >= 4 is 38.3 Å². The summed E-state index contributed by atoms with van der Waals surface area (Å²) in [5, 5.41) is 9.65. The molecule has 10 heteroatoms. The Bertz CT molecular complexity index is 1480. The lowest BCUT2D eigenvalue weighted by Crippen LogP contribution is -2.44. The molecule has 37 heavy (non-hydrogen) atoms. The molecule has 3 aromatic rings. The van der Waals surface area contributed by atoms with Crippen LogP contribution >= 0.6 is 0 Å². The number of likely N-dealkylation sites (tertiary alicyclic amines) is 1. The molecule has 5 rings (SSSR count). The molecule has 2 aliphatic heterocycles. The maximum Gasteiger partial charge on any atom is 0.314 e. The number of sulfonamides is 1. The third kappa shape index (κ3) is 4.81. The Morgan fingerprint density at radius 2 is 1.76 bits per heavy atom. The van der Waals surface area contributed by atoms with Gasteiger partial charge in [-0.25, -0.2) is 13.2 Å². The lowest BCUT2D eigenvalue weighted by Gasteiger charge is -2.31. The quantitative estimate of drug-likeness (QED) is 0.336. The van der Waals surface area contributed by atoms with Crippen molar-refractivity contribution in [2.24, 2.45) is 11.5 Å². The highest BCUT2D eigenvalue weighted by Gasteiger charge is 2.38. The number of anilines is 1. The van der Waals surface area contributed by atoms with Gasteiger partial charge in [-0.2, -0.15) is 0 Å². The number of fused-ring (bicyclic) bond motifs is 2. The number of carbonyl (C=O) groups is 1. The molecule has 2 amide bonds. The van der Waals surface area contributed by atoms with Gasteiger partial charge in [-0.1, -0.05) is 24.3 Å². The molecule has 9 nitrogen and oxygen atoms in total. The van der Waals surface area contributed by atoms with Crippen LogP contribution in [0.4, 0.5) is 10.5 Å². The van der Waals surface area contributed by atoms with E-state index in [0.29, 0.717) is 49.4 Å². The van der Waals surface area contributed by atoms with Crippen molar-refractivity contribution in [3.8, 4) is 5.75 Å². The third-order valence-electron chi connectivity index (χ3n) is 7.27. The third-order valence-corrected chi connectivity index (χ3v) is 9.05. The van der Waals surface area contributed by atoms with Crippen LogP contribution in [0, 0.1) is 5.41 Å². The van der Waals surface area contributed by atoms with Crippen LogP contribution in [0.15, 0.2) is 54.6 Å². The van der Waals surface area contributed by atoms with Crippen LogP contribution in [-0.4, -0.2) is 50.1 Å². The molecule has 0 aliphatic carbocycles. The highest BCUT2D eigenvalue weighted by Crippen LogP contribution is 2.44. The maximum atomic E-state index is 13.3. The van der Waals surface area contributed by atoms with Gasteiger partial charge in [0, 0.05) is 37.9 Å². The number of nitrogens with zero attached hydrogens (tertiary/aromatic N) is 2. The molecule has 3 aromatic carbocycles. The van der Waals surface area contributed by atoms with Gasteiger partial charge in [-0.15, -0.1) is 0 Å². The number of nitrogens with one attached hydrogen (secondary N) is 1. The molecular formula is C27H31N5O4S. The summed E-state index contributed by atoms with van der Waals surface area (Å²) in [5.74, 6) is 0.667. The van der Waals surface area contributed by atoms with E-state index < -0.39 is 16.1 Å². The molecule has 1 atom stereocenters. The number of amidine groups is 1. The first-order valence-corrected chi connectivity index (χ1v) is 14.0. The van der Waals surface area contributed by atoms with Gasteiger partial charge in [0.25, 0.3) is 0 Å². The first kappa shape index (κ1) is 24.9. The fraction of sp³-hybridized carbons (Fsp3) is 0.333. The zero-order valence-corrected chi connectivity index (χ0v) is 21.5. The molecule has 2 aliphatic rings. The van der Waals surface area contributed by atoms with E-state index in [1.807, 2.05) is 54.6 Å². The van der Waals surface area contributed by atoms with Crippen LogP contribution in [0.2, 0.25) is 0 Å². The number of carbonyl (C=O) groups excluding carboxylic acids is 1. The van der Waals surface area contributed by atoms with E-state index in [-0.39, 0.29) is 23.7 Å². The molecule has 5 N–H and O–H groups in total. The van der Waals surface area contributed by atoms with Crippen molar-refractivity contribution < 1.29 is 17.9 Å². The number of piperidine rings is 1. The number of nitrogen functional groups attached to an aromatic ring is 1. The molecule has 1 unspecified atom stereocenters. The van der Waals surface area contributed by atoms with Gasteiger partial charge < -0.3 is 21.1 Å². The van der Waals surface area contributed by atoms with Crippen LogP contribution in [-0.2, 0) is 16.4 Å². The first-order chi connectivity index (χ1) is 17.7. The van der Waals surface area contributed by atoms with Gasteiger partial charge in [0.15, 0.2) is 0 Å². The monoisotopic (exact) mass is 521 g/mol. The average molecular weight is 522 g/mol. The summed E-state index contributed by atoms with van der Waals surface area (Å²) in [6, 6.07) is 16.3. The second-order valence-electron chi connectivity index (χ2n) is 9.58. The van der Waals surface area contributed by atoms with E-state index in [2.05, 4.69) is 0 Å². The minimum absolute atomic E-state index is 0.0106. The minimum Gasteiger partial charge on any atom is -0.490 e. The Balaban J connectivity index is 1.45. The number of hydrogen-bond acceptors (Lipinski definition) is 5. The van der Waals surface area contributed by atoms with Gasteiger partial charge in [0.1, 0.15) is 17.7 Å². The topological polar surface area (TPSA) is 143 Å². The van der Waals surface area contributed by atoms with Crippen LogP contribution in [0.25, 0.3) is 10.8 Å². The highest BCUT2D eigenvalue weighted by atomic mass is 32.2. The maximum absolute atomic E-state index is 13.3. The predicted molar refractivity (Wildman–Crippen MR) is 145 cm³/mol. The van der Waals surface area contributed by atoms with Crippen molar-refractivity contribution in [3.05, 3.63) is 71.3 Å². The van der Waals surface area contributed by atoms with Crippen LogP contribution < -0.4 is 20.5 Å². The molecule has 2 heterocycles. The van der Waals surface area contributed by atoms with E-state index in [0.717, 1.165) is 21.9 Å². The smallest absolute Gasteiger partial charge is 0.314 e. The van der Waals surface area contributed by atoms with Crippen LogP contribution in [0.3, 0.4) is 0 Å². The number of amides is 2. The average Bonchev–Trinajstić information content (AvgIpc) is 3.28. The normalized spacial score (nSPS) is 18.1. The number of benzene rings is 3. The number of hydrogen-bond donors (Lipinski definition) is 3. The van der Waals surface area contributed by atoms with Gasteiger partial charge in [-0.05, 0) is 59.2 Å². The van der Waals surface area contributed by atoms with Crippen molar-refractivity contribution in [1.29, 1.82) is 5.41 Å². The Kier molecular flexibility index (Phi) is 6.45.